The summed E-state index contributed by atoms with van der Waals surface area (Å²) in [7, 11) is 3.41. The van der Waals surface area contributed by atoms with E-state index in [-0.39, 0.29) is 48.3 Å². The molecule has 3 aliphatic heterocycles. The Labute approximate surface area is 225 Å². The van der Waals surface area contributed by atoms with Gasteiger partial charge in [0.25, 0.3) is 5.92 Å². The van der Waals surface area contributed by atoms with Crippen LogP contribution in [0.3, 0.4) is 0 Å². The highest BCUT2D eigenvalue weighted by atomic mass is 19.3. The van der Waals surface area contributed by atoms with E-state index in [1.807, 2.05) is 11.8 Å². The van der Waals surface area contributed by atoms with Gasteiger partial charge in [0, 0.05) is 43.5 Å². The van der Waals surface area contributed by atoms with Gasteiger partial charge in [0.2, 0.25) is 0 Å². The molecule has 6 rings (SSSR count). The van der Waals surface area contributed by atoms with Crippen LogP contribution >= 0.6 is 0 Å². The largest absolute Gasteiger partial charge is 0.463 e. The van der Waals surface area contributed by atoms with Crippen LogP contribution in [0.25, 0.3) is 10.9 Å². The maximum atomic E-state index is 14.9. The Kier molecular flexibility index (Phi) is 6.43. The molecule has 4 aliphatic rings. The molecule has 1 aromatic carbocycles. The number of hydrogen-bond donors (Lipinski definition) is 0. The summed E-state index contributed by atoms with van der Waals surface area (Å²) in [4.78, 5) is 27.0. The van der Waals surface area contributed by atoms with Crippen molar-refractivity contribution >= 4 is 22.8 Å². The summed E-state index contributed by atoms with van der Waals surface area (Å²) < 4.78 is 69.2. The molecule has 214 valence electrons. The first-order chi connectivity index (χ1) is 18.0. The Morgan fingerprint density at radius 3 is 2.49 bits per heavy atom. The third-order valence-corrected chi connectivity index (χ3v) is 7.88. The molecule has 12 heteroatoms. The lowest BCUT2D eigenvalue weighted by molar-refractivity contribution is -0.0256. The van der Waals surface area contributed by atoms with Gasteiger partial charge in [-0.25, -0.2) is 22.4 Å². The van der Waals surface area contributed by atoms with E-state index in [2.05, 4.69) is 9.97 Å². The minimum Gasteiger partial charge on any atom is -0.463 e. The van der Waals surface area contributed by atoms with E-state index in [1.165, 1.54) is 0 Å². The number of alkyl halides is 2. The van der Waals surface area contributed by atoms with E-state index in [0.29, 0.717) is 25.9 Å². The van der Waals surface area contributed by atoms with Gasteiger partial charge in [-0.15, -0.1) is 0 Å². The predicted octanol–water partition coefficient (Wildman–Crippen LogP) is 4.85. The second-order valence-corrected chi connectivity index (χ2v) is 12.7. The molecular formula is C27H35F4N5O3. The van der Waals surface area contributed by atoms with Crippen molar-refractivity contribution in [2.75, 3.05) is 45.2 Å². The first kappa shape index (κ1) is 27.7. The topological polar surface area (TPSA) is 71.0 Å². The maximum Gasteiger partial charge on any atom is 0.410 e. The zero-order valence-electron chi connectivity index (χ0n) is 23.2. The second kappa shape index (κ2) is 9.07. The lowest BCUT2D eigenvalue weighted by Gasteiger charge is -2.57. The molecule has 2 aromatic rings. The highest BCUT2D eigenvalue weighted by molar-refractivity contribution is 5.91. The zero-order chi connectivity index (χ0) is 28.5. The van der Waals surface area contributed by atoms with Gasteiger partial charge in [-0.3, -0.25) is 4.90 Å². The van der Waals surface area contributed by atoms with Crippen LogP contribution in [0.2, 0.25) is 0 Å². The molecule has 1 aromatic heterocycles. The van der Waals surface area contributed by atoms with Crippen LogP contribution in [-0.4, -0.2) is 89.3 Å². The Balaban J connectivity index is 1.48. The minimum absolute atomic E-state index is 0.104. The Morgan fingerprint density at radius 2 is 1.90 bits per heavy atom. The molecule has 1 saturated carbocycles. The average Bonchev–Trinajstić information content (AvgIpc) is 3.34. The van der Waals surface area contributed by atoms with Crippen LogP contribution < -0.4 is 9.64 Å². The number of rotatable bonds is 6. The summed E-state index contributed by atoms with van der Waals surface area (Å²) in [6.45, 7) is 7.79. The number of ether oxygens (including phenoxy) is 2. The Morgan fingerprint density at radius 1 is 1.21 bits per heavy atom. The van der Waals surface area contributed by atoms with Crippen LogP contribution in [0.1, 0.15) is 47.0 Å². The molecule has 1 aliphatic carbocycles. The second-order valence-electron chi connectivity index (χ2n) is 12.7. The predicted molar refractivity (Wildman–Crippen MR) is 137 cm³/mol. The number of amides is 1. The summed E-state index contributed by atoms with van der Waals surface area (Å²) in [6, 6.07) is 1.43. The van der Waals surface area contributed by atoms with Crippen molar-refractivity contribution in [3.8, 4) is 6.01 Å². The number of halogens is 4. The van der Waals surface area contributed by atoms with E-state index in [9.17, 15) is 22.4 Å². The zero-order valence-corrected chi connectivity index (χ0v) is 23.2. The molecule has 8 nitrogen and oxygen atoms in total. The number of aromatic nitrogens is 2. The van der Waals surface area contributed by atoms with Crippen molar-refractivity contribution in [1.82, 2.24) is 19.8 Å². The van der Waals surface area contributed by atoms with E-state index < -0.39 is 40.2 Å². The molecule has 3 atom stereocenters. The SMILES string of the molecule is CN(C)C[C@@]1(COc2nc(N3C[C@]4(C)CC[C@H]3CN4C(=O)OC(C)(C)C)c3cc(F)cc(F)c3n2)CC1(F)F. The number of carbonyl (C=O) groups is 1. The van der Waals surface area contributed by atoms with Crippen LogP contribution in [0, 0.1) is 17.0 Å². The van der Waals surface area contributed by atoms with Gasteiger partial charge in [-0.1, -0.05) is 0 Å². The molecule has 3 saturated heterocycles. The van der Waals surface area contributed by atoms with E-state index in [0.717, 1.165) is 12.1 Å². The van der Waals surface area contributed by atoms with Gasteiger partial charge in [0.1, 0.15) is 29.4 Å². The van der Waals surface area contributed by atoms with Crippen LogP contribution in [0.15, 0.2) is 12.1 Å². The van der Waals surface area contributed by atoms with Crippen LogP contribution in [0.5, 0.6) is 6.01 Å². The Hall–Kier alpha value is -2.89. The summed E-state index contributed by atoms with van der Waals surface area (Å²) in [5.74, 6) is -4.33. The third-order valence-electron chi connectivity index (χ3n) is 7.88. The van der Waals surface area contributed by atoms with Crippen LogP contribution in [-0.2, 0) is 4.74 Å². The Bertz CT molecular complexity index is 1300. The molecule has 0 N–H and O–H groups in total. The molecule has 0 unspecified atom stereocenters. The highest BCUT2D eigenvalue weighted by Gasteiger charge is 2.71. The smallest absolute Gasteiger partial charge is 0.410 e. The summed E-state index contributed by atoms with van der Waals surface area (Å²) in [5.41, 5.74) is -2.82. The number of piperidine rings is 2. The first-order valence-corrected chi connectivity index (χ1v) is 13.1. The molecule has 0 spiro atoms. The fourth-order valence-corrected chi connectivity index (χ4v) is 5.88. The molecular weight excluding hydrogens is 518 g/mol. The number of piperazine rings is 1. The van der Waals surface area contributed by atoms with Crippen molar-refractivity contribution in [3.05, 3.63) is 23.8 Å². The number of benzene rings is 1. The van der Waals surface area contributed by atoms with Crippen molar-refractivity contribution in [2.45, 2.75) is 70.1 Å². The normalized spacial score (nSPS) is 27.8. The monoisotopic (exact) mass is 553 g/mol. The molecule has 1 amide bonds. The summed E-state index contributed by atoms with van der Waals surface area (Å²) >= 11 is 0. The van der Waals surface area contributed by atoms with Gasteiger partial charge in [0.15, 0.2) is 5.82 Å². The first-order valence-electron chi connectivity index (χ1n) is 13.1. The molecule has 2 bridgehead atoms. The molecule has 39 heavy (non-hydrogen) atoms. The fraction of sp³-hybridized carbons (Fsp3) is 0.667. The number of hydrogen-bond acceptors (Lipinski definition) is 7. The minimum atomic E-state index is -2.89. The van der Waals surface area contributed by atoms with E-state index in [1.54, 1.807) is 44.7 Å². The number of fused-ring (bicyclic) bond motifs is 4. The van der Waals surface area contributed by atoms with E-state index in [4.69, 9.17) is 9.47 Å². The number of carbonyl (C=O) groups excluding carboxylic acids is 1. The standard InChI is InChI=1S/C27H35F4N5O3/c1-24(2,3)39-23(37)36-11-17-7-8-25(36,4)13-35(17)21-18-9-16(28)10-19(29)20(18)32-22(33-21)38-15-26(14-34(5)6)12-27(26,30)31/h9-10,17H,7-8,11-15H2,1-6H3/t17-,25-,26+/m0/s1. The van der Waals surface area contributed by atoms with Crippen molar-refractivity contribution in [3.63, 3.8) is 0 Å². The summed E-state index contributed by atoms with van der Waals surface area (Å²) in [5, 5.41) is 0.152. The molecule has 0 radical (unpaired) electrons. The van der Waals surface area contributed by atoms with E-state index >= 15 is 0 Å². The molecule has 4 heterocycles. The average molecular weight is 554 g/mol. The molecule has 4 fully saturated rings. The van der Waals surface area contributed by atoms with Gasteiger partial charge in [-0.05, 0) is 60.7 Å². The summed E-state index contributed by atoms with van der Waals surface area (Å²) in [6.07, 6.45) is 0.683. The lowest BCUT2D eigenvalue weighted by Crippen LogP contribution is -2.70. The van der Waals surface area contributed by atoms with Crippen molar-refractivity contribution < 1.29 is 31.8 Å². The highest BCUT2D eigenvalue weighted by Crippen LogP contribution is 2.60. The van der Waals surface area contributed by atoms with Crippen molar-refractivity contribution in [2.24, 2.45) is 5.41 Å². The maximum absolute atomic E-state index is 14.9. The fourth-order valence-electron chi connectivity index (χ4n) is 5.88. The van der Waals surface area contributed by atoms with Crippen molar-refractivity contribution in [1.29, 1.82) is 0 Å². The van der Waals surface area contributed by atoms with Gasteiger partial charge >= 0.3 is 12.1 Å². The third kappa shape index (κ3) is 5.07. The van der Waals surface area contributed by atoms with Gasteiger partial charge in [0.05, 0.1) is 11.0 Å². The number of anilines is 1. The number of nitrogens with zero attached hydrogens (tertiary/aromatic N) is 5. The van der Waals surface area contributed by atoms with Gasteiger partial charge in [-0.2, -0.15) is 9.97 Å². The lowest BCUT2D eigenvalue weighted by atomic mass is 9.80. The van der Waals surface area contributed by atoms with Gasteiger partial charge < -0.3 is 19.3 Å². The van der Waals surface area contributed by atoms with Crippen LogP contribution in [0.4, 0.5) is 28.2 Å². The quantitative estimate of drug-likeness (QED) is 0.474.